The first-order valence-corrected chi connectivity index (χ1v) is 5.37. The Morgan fingerprint density at radius 2 is 2.56 bits per heavy atom. The SMILES string of the molecule is CN(CC1CNCCO1)C(=O)c1ccoc1. The van der Waals surface area contributed by atoms with Crippen molar-refractivity contribution >= 4 is 5.91 Å². The number of carbonyl (C=O) groups is 1. The molecule has 0 saturated carbocycles. The molecule has 0 aromatic carbocycles. The summed E-state index contributed by atoms with van der Waals surface area (Å²) in [5.74, 6) is -0.0390. The van der Waals surface area contributed by atoms with E-state index >= 15 is 0 Å². The fourth-order valence-electron chi connectivity index (χ4n) is 1.73. The summed E-state index contributed by atoms with van der Waals surface area (Å²) in [7, 11) is 1.77. The molecule has 1 aromatic rings. The van der Waals surface area contributed by atoms with E-state index in [1.165, 1.54) is 12.5 Å². The summed E-state index contributed by atoms with van der Waals surface area (Å²) in [6, 6.07) is 1.67. The fraction of sp³-hybridized carbons (Fsp3) is 0.545. The van der Waals surface area contributed by atoms with E-state index in [2.05, 4.69) is 5.32 Å². The first kappa shape index (κ1) is 11.2. The predicted molar refractivity (Wildman–Crippen MR) is 58.3 cm³/mol. The van der Waals surface area contributed by atoms with E-state index < -0.39 is 0 Å². The second kappa shape index (κ2) is 5.14. The highest BCUT2D eigenvalue weighted by Crippen LogP contribution is 2.06. The van der Waals surface area contributed by atoms with Gasteiger partial charge < -0.3 is 19.4 Å². The molecule has 0 spiro atoms. The molecular weight excluding hydrogens is 208 g/mol. The molecule has 1 amide bonds. The molecule has 0 radical (unpaired) electrons. The van der Waals surface area contributed by atoms with Crippen molar-refractivity contribution in [2.45, 2.75) is 6.10 Å². The second-order valence-corrected chi connectivity index (χ2v) is 3.89. The monoisotopic (exact) mass is 224 g/mol. The van der Waals surface area contributed by atoms with Gasteiger partial charge in [-0.2, -0.15) is 0 Å². The summed E-state index contributed by atoms with van der Waals surface area (Å²) in [4.78, 5) is 13.5. The minimum atomic E-state index is -0.0390. The molecule has 1 aromatic heterocycles. The maximum Gasteiger partial charge on any atom is 0.256 e. The number of likely N-dealkylation sites (N-methyl/N-ethyl adjacent to an activating group) is 1. The predicted octanol–water partition coefficient (Wildman–Crippen LogP) is 0.340. The summed E-state index contributed by atoms with van der Waals surface area (Å²) in [6.07, 6.45) is 3.04. The third-order valence-corrected chi connectivity index (χ3v) is 2.60. The Hall–Kier alpha value is -1.33. The van der Waals surface area contributed by atoms with Gasteiger partial charge in [0.2, 0.25) is 0 Å². The number of furan rings is 1. The van der Waals surface area contributed by atoms with Crippen LogP contribution in [0.2, 0.25) is 0 Å². The van der Waals surface area contributed by atoms with E-state index in [-0.39, 0.29) is 12.0 Å². The van der Waals surface area contributed by atoms with Crippen LogP contribution in [-0.4, -0.2) is 50.2 Å². The molecule has 1 unspecified atom stereocenters. The van der Waals surface area contributed by atoms with Crippen molar-refractivity contribution in [3.05, 3.63) is 24.2 Å². The number of amides is 1. The second-order valence-electron chi connectivity index (χ2n) is 3.89. The van der Waals surface area contributed by atoms with Crippen molar-refractivity contribution in [2.24, 2.45) is 0 Å². The summed E-state index contributed by atoms with van der Waals surface area (Å²) < 4.78 is 10.4. The minimum absolute atomic E-state index is 0.0390. The molecule has 5 nitrogen and oxygen atoms in total. The first-order chi connectivity index (χ1) is 7.77. The zero-order valence-corrected chi connectivity index (χ0v) is 9.31. The molecule has 2 rings (SSSR count). The molecule has 1 aliphatic rings. The van der Waals surface area contributed by atoms with E-state index in [1.807, 2.05) is 0 Å². The van der Waals surface area contributed by atoms with Crippen LogP contribution in [-0.2, 0) is 4.74 Å². The first-order valence-electron chi connectivity index (χ1n) is 5.37. The van der Waals surface area contributed by atoms with Crippen LogP contribution in [0.25, 0.3) is 0 Å². The zero-order chi connectivity index (χ0) is 11.4. The Morgan fingerprint density at radius 1 is 1.69 bits per heavy atom. The van der Waals surface area contributed by atoms with Crippen LogP contribution in [0.4, 0.5) is 0 Å². The average Bonchev–Trinajstić information content (AvgIpc) is 2.83. The van der Waals surface area contributed by atoms with Gasteiger partial charge in [-0.3, -0.25) is 4.79 Å². The molecule has 2 heterocycles. The molecule has 88 valence electrons. The van der Waals surface area contributed by atoms with Crippen molar-refractivity contribution in [3.8, 4) is 0 Å². The Balaban J connectivity index is 1.87. The highest BCUT2D eigenvalue weighted by Gasteiger charge is 2.19. The summed E-state index contributed by atoms with van der Waals surface area (Å²) in [6.45, 7) is 2.98. The molecule has 1 aliphatic heterocycles. The standard InChI is InChI=1S/C11H16N2O3/c1-13(7-10-6-12-3-5-16-10)11(14)9-2-4-15-8-9/h2,4,8,10,12H,3,5-7H2,1H3. The van der Waals surface area contributed by atoms with Crippen molar-refractivity contribution in [2.75, 3.05) is 33.3 Å². The maximum absolute atomic E-state index is 11.9. The maximum atomic E-state index is 11.9. The highest BCUT2D eigenvalue weighted by molar-refractivity contribution is 5.93. The molecular formula is C11H16N2O3. The Kier molecular flexibility index (Phi) is 3.58. The third-order valence-electron chi connectivity index (χ3n) is 2.60. The smallest absolute Gasteiger partial charge is 0.256 e. The normalized spacial score (nSPS) is 20.7. The van der Waals surface area contributed by atoms with Gasteiger partial charge in [0.05, 0.1) is 24.5 Å². The molecule has 0 aliphatic carbocycles. The van der Waals surface area contributed by atoms with Crippen LogP contribution >= 0.6 is 0 Å². The van der Waals surface area contributed by atoms with Gasteiger partial charge in [-0.1, -0.05) is 0 Å². The molecule has 5 heteroatoms. The van der Waals surface area contributed by atoms with Crippen LogP contribution in [0.15, 0.2) is 23.0 Å². The van der Waals surface area contributed by atoms with E-state index in [9.17, 15) is 4.79 Å². The minimum Gasteiger partial charge on any atom is -0.472 e. The molecule has 1 N–H and O–H groups in total. The van der Waals surface area contributed by atoms with E-state index in [0.717, 1.165) is 13.1 Å². The number of carbonyl (C=O) groups excluding carboxylic acids is 1. The quantitative estimate of drug-likeness (QED) is 0.804. The van der Waals surface area contributed by atoms with Crippen LogP contribution < -0.4 is 5.32 Å². The lowest BCUT2D eigenvalue weighted by Gasteiger charge is -2.27. The Labute approximate surface area is 94.4 Å². The van der Waals surface area contributed by atoms with Crippen LogP contribution in [0.1, 0.15) is 10.4 Å². The van der Waals surface area contributed by atoms with Crippen LogP contribution in [0.3, 0.4) is 0 Å². The fourth-order valence-corrected chi connectivity index (χ4v) is 1.73. The number of nitrogens with zero attached hydrogens (tertiary/aromatic N) is 1. The molecule has 1 saturated heterocycles. The van der Waals surface area contributed by atoms with Gasteiger partial charge in [0, 0.05) is 26.7 Å². The topological polar surface area (TPSA) is 54.7 Å². The van der Waals surface area contributed by atoms with Crippen molar-refractivity contribution in [3.63, 3.8) is 0 Å². The van der Waals surface area contributed by atoms with Crippen LogP contribution in [0, 0.1) is 0 Å². The van der Waals surface area contributed by atoms with E-state index in [4.69, 9.17) is 9.15 Å². The lowest BCUT2D eigenvalue weighted by molar-refractivity contribution is 0.0103. The largest absolute Gasteiger partial charge is 0.472 e. The molecule has 1 atom stereocenters. The number of morpholine rings is 1. The van der Waals surface area contributed by atoms with Gasteiger partial charge in [0.25, 0.3) is 5.91 Å². The average molecular weight is 224 g/mol. The number of ether oxygens (including phenoxy) is 1. The Morgan fingerprint density at radius 3 is 3.19 bits per heavy atom. The Bertz CT molecular complexity index is 331. The van der Waals surface area contributed by atoms with Gasteiger partial charge >= 0.3 is 0 Å². The van der Waals surface area contributed by atoms with Crippen LogP contribution in [0.5, 0.6) is 0 Å². The number of rotatable bonds is 3. The van der Waals surface area contributed by atoms with E-state index in [1.54, 1.807) is 18.0 Å². The summed E-state index contributed by atoms with van der Waals surface area (Å²) >= 11 is 0. The number of hydrogen-bond donors (Lipinski definition) is 1. The van der Waals surface area contributed by atoms with Gasteiger partial charge in [-0.15, -0.1) is 0 Å². The third kappa shape index (κ3) is 2.62. The van der Waals surface area contributed by atoms with Gasteiger partial charge in [-0.05, 0) is 6.07 Å². The van der Waals surface area contributed by atoms with Crippen molar-refractivity contribution < 1.29 is 13.9 Å². The highest BCUT2D eigenvalue weighted by atomic mass is 16.5. The summed E-state index contributed by atoms with van der Waals surface area (Å²) in [5, 5.41) is 3.23. The van der Waals surface area contributed by atoms with E-state index in [0.29, 0.717) is 18.7 Å². The lowest BCUT2D eigenvalue weighted by atomic mass is 10.2. The lowest BCUT2D eigenvalue weighted by Crippen LogP contribution is -2.45. The number of nitrogens with one attached hydrogen (secondary N) is 1. The van der Waals surface area contributed by atoms with Crippen molar-refractivity contribution in [1.29, 1.82) is 0 Å². The molecule has 0 bridgehead atoms. The summed E-state index contributed by atoms with van der Waals surface area (Å²) in [5.41, 5.74) is 0.575. The van der Waals surface area contributed by atoms with Crippen molar-refractivity contribution in [1.82, 2.24) is 10.2 Å². The number of hydrogen-bond acceptors (Lipinski definition) is 4. The molecule has 1 fully saturated rings. The zero-order valence-electron chi connectivity index (χ0n) is 9.31. The van der Waals surface area contributed by atoms with Gasteiger partial charge in [0.15, 0.2) is 0 Å². The van der Waals surface area contributed by atoms with Gasteiger partial charge in [-0.25, -0.2) is 0 Å². The van der Waals surface area contributed by atoms with Gasteiger partial charge in [0.1, 0.15) is 6.26 Å². The molecule has 16 heavy (non-hydrogen) atoms.